The van der Waals surface area contributed by atoms with Crippen molar-refractivity contribution in [1.29, 1.82) is 0 Å². The maximum absolute atomic E-state index is 13.2. The van der Waals surface area contributed by atoms with Gasteiger partial charge in [-0.05, 0) is 63.1 Å². The molecule has 2 aliphatic rings. The second-order valence-electron chi connectivity index (χ2n) is 8.75. The van der Waals surface area contributed by atoms with Gasteiger partial charge in [-0.3, -0.25) is 9.59 Å². The third-order valence-corrected chi connectivity index (χ3v) is 7.27. The fraction of sp³-hybridized carbons (Fsp3) is 0.545. The molecular formula is C22H30N2O5S. The highest BCUT2D eigenvalue weighted by Crippen LogP contribution is 2.38. The summed E-state index contributed by atoms with van der Waals surface area (Å²) in [5.74, 6) is -0.550. The lowest BCUT2D eigenvalue weighted by Gasteiger charge is -2.39. The zero-order valence-electron chi connectivity index (χ0n) is 17.7. The van der Waals surface area contributed by atoms with Crippen LogP contribution in [0, 0.1) is 5.92 Å². The largest absolute Gasteiger partial charge is 0.361 e. The zero-order valence-corrected chi connectivity index (χ0v) is 18.5. The zero-order chi connectivity index (χ0) is 22.2. The molecule has 0 radical (unpaired) electrons. The Kier molecular flexibility index (Phi) is 6.23. The molecule has 8 heteroatoms. The summed E-state index contributed by atoms with van der Waals surface area (Å²) in [6.45, 7) is 3.89. The fourth-order valence-corrected chi connectivity index (χ4v) is 4.65. The topological polar surface area (TPSA) is 119 Å². The maximum Gasteiger partial charge on any atom is 0.238 e. The fourth-order valence-electron chi connectivity index (χ4n) is 4.02. The number of nitrogens with two attached hydrogens (primary N) is 1. The average Bonchev–Trinajstić information content (AvgIpc) is 3.46. The number of rotatable bonds is 8. The number of nitrogens with one attached hydrogen (secondary N) is 1. The van der Waals surface area contributed by atoms with Crippen LogP contribution < -0.4 is 11.1 Å². The molecule has 3 rings (SSSR count). The van der Waals surface area contributed by atoms with Crippen LogP contribution in [0.25, 0.3) is 0 Å². The molecule has 7 nitrogen and oxygen atoms in total. The van der Waals surface area contributed by atoms with Crippen LogP contribution in [0.15, 0.2) is 41.3 Å². The number of benzene rings is 1. The van der Waals surface area contributed by atoms with Crippen LogP contribution in [0.1, 0.15) is 38.7 Å². The Labute approximate surface area is 178 Å². The summed E-state index contributed by atoms with van der Waals surface area (Å²) in [5.41, 5.74) is 4.98. The standard InChI is InChI=1S/C22H30N2O5S/c1-21(14-29-21)20(26)22(2,16-7-5-4-6-8-16)24-19(25)18(23)13-15-9-11-17(12-10-15)30(3,27)28/h4-5,9-12,16,18H,6-8,13-14,23H2,1-3H3,(H,24,25)/t16-,18?,21-,22+/m1/s1. The molecule has 1 aliphatic carbocycles. The molecule has 3 N–H and O–H groups in total. The minimum Gasteiger partial charge on any atom is -0.361 e. The number of epoxide rings is 1. The highest BCUT2D eigenvalue weighted by molar-refractivity contribution is 7.90. The van der Waals surface area contributed by atoms with Gasteiger partial charge in [0.15, 0.2) is 15.6 Å². The predicted molar refractivity (Wildman–Crippen MR) is 114 cm³/mol. The first kappa shape index (κ1) is 22.7. The Hall–Kier alpha value is -2.03. The first-order valence-corrected chi connectivity index (χ1v) is 12.1. The summed E-state index contributed by atoms with van der Waals surface area (Å²) in [6, 6.07) is 5.44. The molecular weight excluding hydrogens is 404 g/mol. The van der Waals surface area contributed by atoms with Gasteiger partial charge in [-0.2, -0.15) is 0 Å². The van der Waals surface area contributed by atoms with Gasteiger partial charge in [0.05, 0.1) is 17.5 Å². The van der Waals surface area contributed by atoms with E-state index in [0.29, 0.717) is 13.0 Å². The van der Waals surface area contributed by atoms with E-state index < -0.39 is 32.9 Å². The van der Waals surface area contributed by atoms with Crippen LogP contribution >= 0.6 is 0 Å². The number of ether oxygens (including phenoxy) is 1. The SMILES string of the molecule is C[C@]1(C(=O)[C@@](C)(NC(=O)C(N)Cc2ccc(S(C)(=O)=O)cc2)[C@@H]2CC=CCC2)CO1. The van der Waals surface area contributed by atoms with Crippen LogP contribution in [0.2, 0.25) is 0 Å². The van der Waals surface area contributed by atoms with E-state index in [4.69, 9.17) is 10.5 Å². The lowest BCUT2D eigenvalue weighted by atomic mass is 9.72. The van der Waals surface area contributed by atoms with Crippen molar-refractivity contribution in [3.05, 3.63) is 42.0 Å². The third-order valence-electron chi connectivity index (χ3n) is 6.14. The van der Waals surface area contributed by atoms with Crippen LogP contribution in [-0.2, 0) is 30.6 Å². The quantitative estimate of drug-likeness (QED) is 0.473. The number of carbonyl (C=O) groups is 2. The van der Waals surface area contributed by atoms with Crippen molar-refractivity contribution in [2.75, 3.05) is 12.9 Å². The van der Waals surface area contributed by atoms with E-state index in [9.17, 15) is 18.0 Å². The number of allylic oxidation sites excluding steroid dienone is 2. The average molecular weight is 435 g/mol. The molecule has 0 spiro atoms. The van der Waals surface area contributed by atoms with Gasteiger partial charge in [0.1, 0.15) is 11.1 Å². The molecule has 30 heavy (non-hydrogen) atoms. The van der Waals surface area contributed by atoms with Crippen molar-refractivity contribution in [2.45, 2.75) is 61.6 Å². The molecule has 0 bridgehead atoms. The first-order chi connectivity index (χ1) is 14.0. The molecule has 1 fully saturated rings. The molecule has 1 saturated heterocycles. The van der Waals surface area contributed by atoms with E-state index in [1.54, 1.807) is 26.0 Å². The minimum absolute atomic E-state index is 0.0266. The summed E-state index contributed by atoms with van der Waals surface area (Å²) in [5, 5.41) is 2.94. The maximum atomic E-state index is 13.2. The number of ketones is 1. The molecule has 1 aliphatic heterocycles. The highest BCUT2D eigenvalue weighted by Gasteiger charge is 2.57. The second-order valence-corrected chi connectivity index (χ2v) is 10.8. The Bertz CT molecular complexity index is 950. The summed E-state index contributed by atoms with van der Waals surface area (Å²) < 4.78 is 28.6. The van der Waals surface area contributed by atoms with Crippen molar-refractivity contribution >= 4 is 21.5 Å². The van der Waals surface area contributed by atoms with Gasteiger partial charge in [-0.25, -0.2) is 8.42 Å². The number of hydrogen-bond donors (Lipinski definition) is 2. The van der Waals surface area contributed by atoms with E-state index in [0.717, 1.165) is 24.7 Å². The van der Waals surface area contributed by atoms with Gasteiger partial charge in [0.25, 0.3) is 0 Å². The van der Waals surface area contributed by atoms with Crippen molar-refractivity contribution in [3.8, 4) is 0 Å². The molecule has 1 heterocycles. The van der Waals surface area contributed by atoms with Crippen LogP contribution in [0.5, 0.6) is 0 Å². The van der Waals surface area contributed by atoms with Crippen LogP contribution in [-0.4, -0.2) is 50.2 Å². The Morgan fingerprint density at radius 3 is 2.43 bits per heavy atom. The molecule has 164 valence electrons. The molecule has 1 aromatic rings. The Morgan fingerprint density at radius 1 is 1.30 bits per heavy atom. The monoisotopic (exact) mass is 434 g/mol. The lowest BCUT2D eigenvalue weighted by molar-refractivity contribution is -0.137. The summed E-state index contributed by atoms with van der Waals surface area (Å²) in [4.78, 5) is 26.4. The summed E-state index contributed by atoms with van der Waals surface area (Å²) in [7, 11) is -3.28. The predicted octanol–water partition coefficient (Wildman–Crippen LogP) is 1.55. The van der Waals surface area contributed by atoms with Gasteiger partial charge < -0.3 is 15.8 Å². The molecule has 1 amide bonds. The van der Waals surface area contributed by atoms with Crippen molar-refractivity contribution in [1.82, 2.24) is 5.32 Å². The number of hydrogen-bond acceptors (Lipinski definition) is 6. The second kappa shape index (κ2) is 8.24. The van der Waals surface area contributed by atoms with E-state index >= 15 is 0 Å². The van der Waals surface area contributed by atoms with E-state index in [1.807, 2.05) is 6.08 Å². The van der Waals surface area contributed by atoms with E-state index in [1.165, 1.54) is 12.1 Å². The van der Waals surface area contributed by atoms with Gasteiger partial charge in [0, 0.05) is 6.26 Å². The summed E-state index contributed by atoms with van der Waals surface area (Å²) >= 11 is 0. The van der Waals surface area contributed by atoms with E-state index in [-0.39, 0.29) is 23.0 Å². The van der Waals surface area contributed by atoms with Crippen molar-refractivity contribution < 1.29 is 22.7 Å². The molecule has 1 unspecified atom stereocenters. The first-order valence-electron chi connectivity index (χ1n) is 10.2. The van der Waals surface area contributed by atoms with Gasteiger partial charge >= 0.3 is 0 Å². The van der Waals surface area contributed by atoms with Gasteiger partial charge in [0.2, 0.25) is 5.91 Å². The number of carbonyl (C=O) groups excluding carboxylic acids is 2. The molecule has 1 aromatic carbocycles. The van der Waals surface area contributed by atoms with Crippen LogP contribution in [0.3, 0.4) is 0 Å². The Balaban J connectivity index is 1.73. The van der Waals surface area contributed by atoms with Crippen molar-refractivity contribution in [2.24, 2.45) is 11.7 Å². The normalized spacial score (nSPS) is 26.5. The smallest absolute Gasteiger partial charge is 0.238 e. The number of amides is 1. The minimum atomic E-state index is -3.28. The van der Waals surface area contributed by atoms with E-state index in [2.05, 4.69) is 11.4 Å². The number of Topliss-reactive ketones (excluding diaryl/α,β-unsaturated/α-hetero) is 1. The van der Waals surface area contributed by atoms with Gasteiger partial charge in [-0.1, -0.05) is 24.3 Å². The van der Waals surface area contributed by atoms with Crippen LogP contribution in [0.4, 0.5) is 0 Å². The van der Waals surface area contributed by atoms with Crippen molar-refractivity contribution in [3.63, 3.8) is 0 Å². The summed E-state index contributed by atoms with van der Waals surface area (Å²) in [6.07, 6.45) is 7.88. The molecule has 4 atom stereocenters. The molecule has 0 aromatic heterocycles. The number of sulfone groups is 1. The Morgan fingerprint density at radius 2 is 1.93 bits per heavy atom. The lowest BCUT2D eigenvalue weighted by Crippen LogP contribution is -2.63. The van der Waals surface area contributed by atoms with Gasteiger partial charge in [-0.15, -0.1) is 0 Å². The molecule has 0 saturated carbocycles. The third kappa shape index (κ3) is 4.82. The highest BCUT2D eigenvalue weighted by atomic mass is 32.2.